The van der Waals surface area contributed by atoms with E-state index in [4.69, 9.17) is 15.2 Å². The summed E-state index contributed by atoms with van der Waals surface area (Å²) in [6.07, 6.45) is 3.53. The molecule has 0 saturated carbocycles. The Labute approximate surface area is 116 Å². The van der Waals surface area contributed by atoms with Crippen molar-refractivity contribution >= 4 is 22.2 Å². The fraction of sp³-hybridized carbons (Fsp3) is 0.462. The lowest BCUT2D eigenvalue weighted by Crippen LogP contribution is -2.03. The summed E-state index contributed by atoms with van der Waals surface area (Å²) in [6, 6.07) is 1.90. The van der Waals surface area contributed by atoms with E-state index in [1.807, 2.05) is 6.07 Å². The summed E-state index contributed by atoms with van der Waals surface area (Å²) in [4.78, 5) is 11.1. The summed E-state index contributed by atoms with van der Waals surface area (Å²) in [6.45, 7) is 0.674. The number of carbonyl (C=O) groups excluding carboxylic acids is 1. The number of methoxy groups -OCH3 is 2. The van der Waals surface area contributed by atoms with Crippen LogP contribution in [0.15, 0.2) is 10.5 Å². The molecule has 1 aromatic rings. The van der Waals surface area contributed by atoms with Crippen LogP contribution in [0.3, 0.4) is 0 Å². The van der Waals surface area contributed by atoms with Crippen molar-refractivity contribution in [2.45, 2.75) is 19.3 Å². The van der Waals surface area contributed by atoms with E-state index in [1.54, 1.807) is 7.11 Å². The van der Waals surface area contributed by atoms with Crippen molar-refractivity contribution in [3.63, 3.8) is 0 Å². The lowest BCUT2D eigenvalue weighted by Gasteiger charge is -2.15. The first kappa shape index (κ1) is 15.0. The highest BCUT2D eigenvalue weighted by atomic mass is 79.9. The first-order chi connectivity index (χ1) is 8.69. The number of aldehydes is 1. The number of hydrogen-bond donors (Lipinski definition) is 1. The Morgan fingerprint density at radius 3 is 2.44 bits per heavy atom. The number of unbranched alkanes of at least 4 members (excludes halogenated alkanes) is 1. The van der Waals surface area contributed by atoms with Gasteiger partial charge in [0.15, 0.2) is 17.8 Å². The Kier molecular flexibility index (Phi) is 6.15. The largest absolute Gasteiger partial charge is 0.493 e. The van der Waals surface area contributed by atoms with Crippen molar-refractivity contribution in [2.24, 2.45) is 5.73 Å². The van der Waals surface area contributed by atoms with Crippen LogP contribution in [0.5, 0.6) is 11.5 Å². The van der Waals surface area contributed by atoms with E-state index in [-0.39, 0.29) is 0 Å². The standard InChI is InChI=1S/C13H18BrNO3/c1-17-12-9(5-3-4-6-15)7-11(14)10(8-16)13(12)18-2/h7-8H,3-6,15H2,1-2H3. The second-order valence-corrected chi connectivity index (χ2v) is 4.72. The lowest BCUT2D eigenvalue weighted by atomic mass is 10.0. The molecule has 5 heteroatoms. The van der Waals surface area contributed by atoms with Gasteiger partial charge in [-0.25, -0.2) is 0 Å². The topological polar surface area (TPSA) is 61.5 Å². The highest BCUT2D eigenvalue weighted by molar-refractivity contribution is 9.10. The van der Waals surface area contributed by atoms with E-state index >= 15 is 0 Å². The predicted octanol–water partition coefficient (Wildman–Crippen LogP) is 2.56. The maximum atomic E-state index is 11.1. The van der Waals surface area contributed by atoms with E-state index < -0.39 is 0 Å². The number of carbonyl (C=O) groups is 1. The molecule has 0 unspecified atom stereocenters. The maximum Gasteiger partial charge on any atom is 0.172 e. The zero-order valence-electron chi connectivity index (χ0n) is 10.7. The average molecular weight is 316 g/mol. The second-order valence-electron chi connectivity index (χ2n) is 3.86. The third kappa shape index (κ3) is 3.23. The number of nitrogens with two attached hydrogens (primary N) is 1. The molecule has 100 valence electrons. The summed E-state index contributed by atoms with van der Waals surface area (Å²) in [5.74, 6) is 1.10. The number of benzene rings is 1. The zero-order valence-corrected chi connectivity index (χ0v) is 12.2. The van der Waals surface area contributed by atoms with Crippen molar-refractivity contribution in [3.05, 3.63) is 21.7 Å². The van der Waals surface area contributed by atoms with Gasteiger partial charge in [0.2, 0.25) is 0 Å². The monoisotopic (exact) mass is 315 g/mol. The van der Waals surface area contributed by atoms with Crippen LogP contribution in [0.25, 0.3) is 0 Å². The van der Waals surface area contributed by atoms with Gasteiger partial charge in [0.05, 0.1) is 19.8 Å². The summed E-state index contributed by atoms with van der Waals surface area (Å²) in [5, 5.41) is 0. The molecule has 0 aliphatic carbocycles. The first-order valence-corrected chi connectivity index (χ1v) is 6.57. The molecule has 1 aromatic carbocycles. The van der Waals surface area contributed by atoms with E-state index in [2.05, 4.69) is 15.9 Å². The number of hydrogen-bond acceptors (Lipinski definition) is 4. The Balaban J connectivity index is 3.17. The van der Waals surface area contributed by atoms with Gasteiger partial charge >= 0.3 is 0 Å². The molecule has 0 spiro atoms. The molecule has 0 saturated heterocycles. The summed E-state index contributed by atoms with van der Waals surface area (Å²) < 4.78 is 11.4. The number of ether oxygens (including phenoxy) is 2. The molecule has 0 amide bonds. The molecule has 2 N–H and O–H groups in total. The number of aryl methyl sites for hydroxylation is 1. The third-order valence-corrected chi connectivity index (χ3v) is 3.38. The third-order valence-electron chi connectivity index (χ3n) is 2.73. The molecule has 0 aliphatic rings. The van der Waals surface area contributed by atoms with Gasteiger partial charge in [-0.15, -0.1) is 0 Å². The average Bonchev–Trinajstić information content (AvgIpc) is 2.38. The smallest absolute Gasteiger partial charge is 0.172 e. The van der Waals surface area contributed by atoms with Gasteiger partial charge in [0.25, 0.3) is 0 Å². The zero-order chi connectivity index (χ0) is 13.5. The Hall–Kier alpha value is -1.07. The molecule has 4 nitrogen and oxygen atoms in total. The molecular weight excluding hydrogens is 298 g/mol. The van der Waals surface area contributed by atoms with E-state index in [9.17, 15) is 4.79 Å². The van der Waals surface area contributed by atoms with Gasteiger partial charge in [0, 0.05) is 4.47 Å². The van der Waals surface area contributed by atoms with E-state index in [1.165, 1.54) is 7.11 Å². The van der Waals surface area contributed by atoms with Gasteiger partial charge in [-0.3, -0.25) is 4.79 Å². The van der Waals surface area contributed by atoms with Crippen LogP contribution in [0.4, 0.5) is 0 Å². The molecular formula is C13H18BrNO3. The van der Waals surface area contributed by atoms with Crippen LogP contribution in [-0.2, 0) is 6.42 Å². The van der Waals surface area contributed by atoms with Gasteiger partial charge in [0.1, 0.15) is 0 Å². The van der Waals surface area contributed by atoms with Crippen molar-refractivity contribution in [1.82, 2.24) is 0 Å². The Morgan fingerprint density at radius 2 is 1.94 bits per heavy atom. The summed E-state index contributed by atoms with van der Waals surface area (Å²) >= 11 is 3.38. The SMILES string of the molecule is COc1c(CCCCN)cc(Br)c(C=O)c1OC. The molecule has 0 atom stereocenters. The predicted molar refractivity (Wildman–Crippen MR) is 74.6 cm³/mol. The van der Waals surface area contributed by atoms with Gasteiger partial charge in [-0.2, -0.15) is 0 Å². The highest BCUT2D eigenvalue weighted by Crippen LogP contribution is 2.39. The first-order valence-electron chi connectivity index (χ1n) is 5.78. The molecule has 0 aliphatic heterocycles. The van der Waals surface area contributed by atoms with Crippen molar-refractivity contribution in [2.75, 3.05) is 20.8 Å². The molecule has 1 rings (SSSR count). The minimum absolute atomic E-state index is 0.469. The fourth-order valence-electron chi connectivity index (χ4n) is 1.85. The lowest BCUT2D eigenvalue weighted by molar-refractivity contribution is 0.111. The second kappa shape index (κ2) is 7.38. The van der Waals surface area contributed by atoms with Gasteiger partial charge in [-0.1, -0.05) is 0 Å². The number of halogens is 1. The van der Waals surface area contributed by atoms with Crippen LogP contribution in [-0.4, -0.2) is 27.1 Å². The van der Waals surface area contributed by atoms with Crippen molar-refractivity contribution in [3.8, 4) is 11.5 Å². The fourth-order valence-corrected chi connectivity index (χ4v) is 2.40. The maximum absolute atomic E-state index is 11.1. The van der Waals surface area contributed by atoms with Crippen LogP contribution in [0.1, 0.15) is 28.8 Å². The minimum Gasteiger partial charge on any atom is -0.493 e. The summed E-state index contributed by atoms with van der Waals surface area (Å²) in [5.41, 5.74) is 6.97. The Bertz CT molecular complexity index is 421. The Morgan fingerprint density at radius 1 is 1.28 bits per heavy atom. The van der Waals surface area contributed by atoms with E-state index in [0.717, 1.165) is 35.6 Å². The molecule has 0 bridgehead atoms. The summed E-state index contributed by atoms with van der Waals surface area (Å²) in [7, 11) is 3.10. The molecule has 18 heavy (non-hydrogen) atoms. The van der Waals surface area contributed by atoms with Crippen LogP contribution in [0.2, 0.25) is 0 Å². The molecule has 0 radical (unpaired) electrons. The minimum atomic E-state index is 0.469. The molecule has 0 aromatic heterocycles. The van der Waals surface area contributed by atoms with Crippen LogP contribution < -0.4 is 15.2 Å². The molecule has 0 fully saturated rings. The van der Waals surface area contributed by atoms with Crippen LogP contribution >= 0.6 is 15.9 Å². The van der Waals surface area contributed by atoms with E-state index in [0.29, 0.717) is 23.6 Å². The highest BCUT2D eigenvalue weighted by Gasteiger charge is 2.17. The quantitative estimate of drug-likeness (QED) is 0.620. The number of rotatable bonds is 7. The van der Waals surface area contributed by atoms with Gasteiger partial charge in [-0.05, 0) is 53.4 Å². The normalized spacial score (nSPS) is 10.2. The van der Waals surface area contributed by atoms with Crippen LogP contribution in [0, 0.1) is 0 Å². The van der Waals surface area contributed by atoms with Crippen molar-refractivity contribution in [1.29, 1.82) is 0 Å². The molecule has 0 heterocycles. The van der Waals surface area contributed by atoms with Gasteiger partial charge < -0.3 is 15.2 Å². The van der Waals surface area contributed by atoms with Crippen molar-refractivity contribution < 1.29 is 14.3 Å².